The molecule has 1 aromatic carbocycles. The first-order chi connectivity index (χ1) is 12.2. The normalized spacial score (nSPS) is 13.4. The maximum absolute atomic E-state index is 14.5. The molecule has 0 aliphatic rings. The van der Waals surface area contributed by atoms with Crippen LogP contribution in [0.25, 0.3) is 0 Å². The zero-order valence-corrected chi connectivity index (χ0v) is 14.4. The van der Waals surface area contributed by atoms with Gasteiger partial charge in [-0.2, -0.15) is 8.78 Å². The Morgan fingerprint density at radius 1 is 0.962 bits per heavy atom. The van der Waals surface area contributed by atoms with Gasteiger partial charge in [-0.3, -0.25) is 4.79 Å². The van der Waals surface area contributed by atoms with Crippen LogP contribution in [0.4, 0.5) is 8.78 Å². The molecule has 0 saturated carbocycles. The van der Waals surface area contributed by atoms with E-state index in [0.717, 1.165) is 0 Å². The summed E-state index contributed by atoms with van der Waals surface area (Å²) in [4.78, 5) is 35.2. The second-order valence-electron chi connectivity index (χ2n) is 5.20. The van der Waals surface area contributed by atoms with Crippen LogP contribution in [-0.4, -0.2) is 47.8 Å². The van der Waals surface area contributed by atoms with Gasteiger partial charge in [0.1, 0.15) is 6.61 Å². The first-order valence-corrected chi connectivity index (χ1v) is 7.83. The van der Waals surface area contributed by atoms with Crippen LogP contribution in [0, 0.1) is 0 Å². The third kappa shape index (κ3) is 4.98. The van der Waals surface area contributed by atoms with Crippen molar-refractivity contribution in [2.24, 2.45) is 0 Å². The number of benzene rings is 1. The summed E-state index contributed by atoms with van der Waals surface area (Å²) in [6, 6.07) is 7.95. The van der Waals surface area contributed by atoms with Crippen molar-refractivity contribution in [3.8, 4) is 0 Å². The molecule has 1 aromatic rings. The van der Waals surface area contributed by atoms with E-state index in [0.29, 0.717) is 5.56 Å². The van der Waals surface area contributed by atoms with Crippen LogP contribution in [-0.2, 0) is 35.2 Å². The molecular formula is C17H20F2O7. The summed E-state index contributed by atoms with van der Waals surface area (Å²) in [6.07, 6.45) is -1.47. The highest BCUT2D eigenvalue weighted by atomic mass is 19.3. The van der Waals surface area contributed by atoms with E-state index in [9.17, 15) is 28.3 Å². The van der Waals surface area contributed by atoms with Crippen LogP contribution in [0.2, 0.25) is 0 Å². The Hall–Kier alpha value is -2.55. The maximum atomic E-state index is 14.5. The van der Waals surface area contributed by atoms with Crippen molar-refractivity contribution in [1.29, 1.82) is 0 Å². The quantitative estimate of drug-likeness (QED) is 0.518. The zero-order chi connectivity index (χ0) is 19.8. The third-order valence-electron chi connectivity index (χ3n) is 3.31. The summed E-state index contributed by atoms with van der Waals surface area (Å²) in [5, 5.41) is 10.2. The molecule has 1 atom stereocenters. The van der Waals surface area contributed by atoms with Gasteiger partial charge in [0.15, 0.2) is 0 Å². The van der Waals surface area contributed by atoms with Gasteiger partial charge in [-0.15, -0.1) is 0 Å². The van der Waals surface area contributed by atoms with Gasteiger partial charge in [0, 0.05) is 0 Å². The number of halogens is 2. The van der Waals surface area contributed by atoms with E-state index in [4.69, 9.17) is 0 Å². The van der Waals surface area contributed by atoms with E-state index in [1.807, 2.05) is 0 Å². The van der Waals surface area contributed by atoms with Gasteiger partial charge in [0.2, 0.25) is 5.60 Å². The fourth-order valence-electron chi connectivity index (χ4n) is 1.97. The molecule has 7 nitrogen and oxygen atoms in total. The summed E-state index contributed by atoms with van der Waals surface area (Å²) < 4.78 is 42.4. The number of hydrogen-bond donors (Lipinski definition) is 1. The number of hydrogen-bond acceptors (Lipinski definition) is 7. The number of rotatable bonds is 9. The Morgan fingerprint density at radius 3 is 2.08 bits per heavy atom. The van der Waals surface area contributed by atoms with Crippen LogP contribution in [0.3, 0.4) is 0 Å². The Bertz CT molecular complexity index is 633. The van der Waals surface area contributed by atoms with Gasteiger partial charge in [0.05, 0.1) is 19.6 Å². The van der Waals surface area contributed by atoms with Crippen molar-refractivity contribution in [1.82, 2.24) is 0 Å². The average Bonchev–Trinajstić information content (AvgIpc) is 2.60. The Morgan fingerprint density at radius 2 is 1.54 bits per heavy atom. The van der Waals surface area contributed by atoms with Crippen LogP contribution in [0.5, 0.6) is 0 Å². The number of esters is 3. The predicted molar refractivity (Wildman–Crippen MR) is 84.0 cm³/mol. The number of carbonyl (C=O) groups excluding carboxylic acids is 3. The zero-order valence-electron chi connectivity index (χ0n) is 14.4. The Kier molecular flexibility index (Phi) is 7.63. The summed E-state index contributed by atoms with van der Waals surface area (Å²) >= 11 is 0. The lowest BCUT2D eigenvalue weighted by molar-refractivity contribution is -0.228. The molecule has 1 rings (SSSR count). The van der Waals surface area contributed by atoms with E-state index in [-0.39, 0.29) is 13.2 Å². The van der Waals surface area contributed by atoms with Crippen molar-refractivity contribution in [3.05, 3.63) is 35.9 Å². The molecule has 144 valence electrons. The van der Waals surface area contributed by atoms with Crippen LogP contribution < -0.4 is 0 Å². The molecule has 0 heterocycles. The summed E-state index contributed by atoms with van der Waals surface area (Å²) in [6.45, 7) is 1.70. The van der Waals surface area contributed by atoms with E-state index in [1.54, 1.807) is 18.2 Å². The van der Waals surface area contributed by atoms with Gasteiger partial charge in [-0.25, -0.2) is 9.59 Å². The summed E-state index contributed by atoms with van der Waals surface area (Å²) in [5.74, 6) is -10.0. The predicted octanol–water partition coefficient (Wildman–Crippen LogP) is 1.61. The van der Waals surface area contributed by atoms with Crippen molar-refractivity contribution in [3.63, 3.8) is 0 Å². The molecule has 9 heteroatoms. The second-order valence-corrected chi connectivity index (χ2v) is 5.20. The van der Waals surface area contributed by atoms with Gasteiger partial charge < -0.3 is 19.3 Å². The van der Waals surface area contributed by atoms with Crippen LogP contribution in [0.1, 0.15) is 25.8 Å². The summed E-state index contributed by atoms with van der Waals surface area (Å²) in [5.41, 5.74) is -3.33. The van der Waals surface area contributed by atoms with Crippen molar-refractivity contribution in [2.75, 3.05) is 13.2 Å². The smallest absolute Gasteiger partial charge is 0.382 e. The fourth-order valence-corrected chi connectivity index (χ4v) is 1.97. The molecule has 0 aliphatic heterocycles. The molecule has 0 radical (unpaired) electrons. The highest BCUT2D eigenvalue weighted by molar-refractivity contribution is 5.94. The average molecular weight is 374 g/mol. The van der Waals surface area contributed by atoms with Gasteiger partial charge in [-0.1, -0.05) is 30.3 Å². The molecule has 0 fully saturated rings. The molecule has 0 bridgehead atoms. The molecule has 0 amide bonds. The van der Waals surface area contributed by atoms with Crippen molar-refractivity contribution < 1.29 is 42.5 Å². The van der Waals surface area contributed by atoms with Gasteiger partial charge >= 0.3 is 23.8 Å². The third-order valence-corrected chi connectivity index (χ3v) is 3.31. The molecule has 0 saturated heterocycles. The van der Waals surface area contributed by atoms with E-state index in [2.05, 4.69) is 14.2 Å². The lowest BCUT2D eigenvalue weighted by Gasteiger charge is -2.31. The molecule has 1 N–H and O–H groups in total. The number of carbonyl (C=O) groups is 3. The highest BCUT2D eigenvalue weighted by Crippen LogP contribution is 2.35. The second kappa shape index (κ2) is 9.23. The lowest BCUT2D eigenvalue weighted by atomic mass is 9.91. The largest absolute Gasteiger partial charge is 0.466 e. The number of alkyl halides is 2. The van der Waals surface area contributed by atoms with E-state index >= 15 is 0 Å². The minimum absolute atomic E-state index is 0.165. The summed E-state index contributed by atoms with van der Waals surface area (Å²) in [7, 11) is 0. The monoisotopic (exact) mass is 374 g/mol. The molecule has 0 aliphatic carbocycles. The van der Waals surface area contributed by atoms with Crippen molar-refractivity contribution in [2.45, 2.75) is 38.4 Å². The van der Waals surface area contributed by atoms with E-state index < -0.39 is 42.5 Å². The Labute approximate surface area is 148 Å². The molecule has 26 heavy (non-hydrogen) atoms. The topological polar surface area (TPSA) is 99.1 Å². The van der Waals surface area contributed by atoms with Gasteiger partial charge in [0.25, 0.3) is 0 Å². The van der Waals surface area contributed by atoms with Gasteiger partial charge in [-0.05, 0) is 19.4 Å². The Balaban J connectivity index is 3.01. The lowest BCUT2D eigenvalue weighted by Crippen LogP contribution is -2.60. The van der Waals surface area contributed by atoms with Crippen LogP contribution >= 0.6 is 0 Å². The first-order valence-electron chi connectivity index (χ1n) is 7.83. The number of ether oxygens (including phenoxy) is 3. The highest BCUT2D eigenvalue weighted by Gasteiger charge is 2.66. The van der Waals surface area contributed by atoms with Crippen LogP contribution in [0.15, 0.2) is 30.3 Å². The standard InChI is InChI=1S/C17H20F2O7/c1-3-24-13(20)10-16(23,14(21)25-4-2)17(18,19)15(22)26-11-12-8-6-5-7-9-12/h5-9,23H,3-4,10-11H2,1-2H3. The minimum atomic E-state index is -4.74. The number of aliphatic hydroxyl groups is 1. The molecule has 0 spiro atoms. The van der Waals surface area contributed by atoms with E-state index in [1.165, 1.54) is 26.0 Å². The fraction of sp³-hybridized carbons (Fsp3) is 0.471. The molecule has 0 aromatic heterocycles. The molecular weight excluding hydrogens is 354 g/mol. The first kappa shape index (κ1) is 21.5. The maximum Gasteiger partial charge on any atom is 0.382 e. The molecule has 1 unspecified atom stereocenters. The minimum Gasteiger partial charge on any atom is -0.466 e. The SMILES string of the molecule is CCOC(=O)CC(O)(C(=O)OCC)C(F)(F)C(=O)OCc1ccccc1. The van der Waals surface area contributed by atoms with Crippen molar-refractivity contribution >= 4 is 17.9 Å².